The highest BCUT2D eigenvalue weighted by atomic mass is 16.3. The molecule has 0 aliphatic carbocycles. The highest BCUT2D eigenvalue weighted by Crippen LogP contribution is 2.17. The van der Waals surface area contributed by atoms with Crippen LogP contribution in [0.3, 0.4) is 0 Å². The second kappa shape index (κ2) is 4.99. The molecular weight excluding hydrogens is 240 g/mol. The van der Waals surface area contributed by atoms with Crippen LogP contribution < -0.4 is 0 Å². The molecule has 5 nitrogen and oxygen atoms in total. The van der Waals surface area contributed by atoms with E-state index in [0.717, 1.165) is 16.9 Å². The summed E-state index contributed by atoms with van der Waals surface area (Å²) in [6.45, 7) is -0.0328. The van der Waals surface area contributed by atoms with Gasteiger partial charge in [0, 0.05) is 11.8 Å². The van der Waals surface area contributed by atoms with Crippen LogP contribution in [-0.4, -0.2) is 25.1 Å². The smallest absolute Gasteiger partial charge is 0.131 e. The maximum Gasteiger partial charge on any atom is 0.131 e. The number of benzene rings is 1. The van der Waals surface area contributed by atoms with Gasteiger partial charge in [0.05, 0.1) is 24.2 Å². The summed E-state index contributed by atoms with van der Waals surface area (Å²) in [5.41, 5.74) is 3.10. The van der Waals surface area contributed by atoms with Crippen LogP contribution in [0.15, 0.2) is 54.9 Å². The Hall–Kier alpha value is -2.53. The molecule has 3 aromatic rings. The van der Waals surface area contributed by atoms with Crippen molar-refractivity contribution in [2.45, 2.75) is 6.61 Å². The average Bonchev–Trinajstić information content (AvgIpc) is 2.98. The lowest BCUT2D eigenvalue weighted by atomic mass is 10.2. The second-order valence-corrected chi connectivity index (χ2v) is 4.05. The molecule has 2 heterocycles. The number of pyridine rings is 1. The molecule has 94 valence electrons. The third-order valence-electron chi connectivity index (χ3n) is 2.83. The molecule has 1 N–H and O–H groups in total. The zero-order valence-corrected chi connectivity index (χ0v) is 10.1. The van der Waals surface area contributed by atoms with Crippen LogP contribution in [0.4, 0.5) is 0 Å². The van der Waals surface area contributed by atoms with Crippen molar-refractivity contribution in [3.05, 3.63) is 60.4 Å². The SMILES string of the molecule is OCc1ccccc1-n1cc(-c2ccccn2)nn1. The first-order chi connectivity index (χ1) is 9.38. The van der Waals surface area contributed by atoms with E-state index in [1.54, 1.807) is 17.1 Å². The van der Waals surface area contributed by atoms with Crippen molar-refractivity contribution < 1.29 is 5.11 Å². The largest absolute Gasteiger partial charge is 0.392 e. The first-order valence-electron chi connectivity index (χ1n) is 5.91. The molecule has 1 aromatic carbocycles. The zero-order valence-electron chi connectivity index (χ0n) is 10.1. The zero-order chi connectivity index (χ0) is 13.1. The molecule has 0 fully saturated rings. The molecule has 0 unspecified atom stereocenters. The van der Waals surface area contributed by atoms with Crippen LogP contribution in [-0.2, 0) is 6.61 Å². The molecule has 5 heteroatoms. The number of aliphatic hydroxyl groups is 1. The first-order valence-corrected chi connectivity index (χ1v) is 5.91. The molecule has 0 amide bonds. The molecule has 2 aromatic heterocycles. The molecule has 19 heavy (non-hydrogen) atoms. The summed E-state index contributed by atoms with van der Waals surface area (Å²) in [4.78, 5) is 4.23. The molecule has 0 saturated carbocycles. The predicted molar refractivity (Wildman–Crippen MR) is 70.5 cm³/mol. The standard InChI is InChI=1S/C14H12N4O/c19-10-11-5-1-2-7-14(11)18-9-13(16-17-18)12-6-3-4-8-15-12/h1-9,19H,10H2. The van der Waals surface area contributed by atoms with Crippen LogP contribution in [0.25, 0.3) is 17.1 Å². The number of para-hydroxylation sites is 1. The van der Waals surface area contributed by atoms with E-state index < -0.39 is 0 Å². The highest BCUT2D eigenvalue weighted by Gasteiger charge is 2.08. The van der Waals surface area contributed by atoms with Crippen molar-refractivity contribution in [3.8, 4) is 17.1 Å². The number of hydrogen-bond acceptors (Lipinski definition) is 4. The van der Waals surface area contributed by atoms with Crippen molar-refractivity contribution in [3.63, 3.8) is 0 Å². The van der Waals surface area contributed by atoms with E-state index in [4.69, 9.17) is 0 Å². The van der Waals surface area contributed by atoms with Gasteiger partial charge in [0.1, 0.15) is 5.69 Å². The van der Waals surface area contributed by atoms with Gasteiger partial charge in [0.2, 0.25) is 0 Å². The number of rotatable bonds is 3. The molecule has 0 spiro atoms. The van der Waals surface area contributed by atoms with Crippen molar-refractivity contribution in [2.75, 3.05) is 0 Å². The monoisotopic (exact) mass is 252 g/mol. The number of aliphatic hydroxyl groups excluding tert-OH is 1. The molecule has 0 saturated heterocycles. The van der Waals surface area contributed by atoms with Gasteiger partial charge in [-0.1, -0.05) is 29.5 Å². The van der Waals surface area contributed by atoms with Gasteiger partial charge in [-0.25, -0.2) is 4.68 Å². The lowest BCUT2D eigenvalue weighted by Gasteiger charge is -2.05. The average molecular weight is 252 g/mol. The molecule has 0 aliphatic rings. The van der Waals surface area contributed by atoms with E-state index in [1.807, 2.05) is 42.5 Å². The van der Waals surface area contributed by atoms with Gasteiger partial charge in [-0.2, -0.15) is 0 Å². The molecule has 0 radical (unpaired) electrons. The summed E-state index contributed by atoms with van der Waals surface area (Å²) in [6.07, 6.45) is 3.52. The number of hydrogen-bond donors (Lipinski definition) is 1. The predicted octanol–water partition coefficient (Wildman–Crippen LogP) is 1.82. The van der Waals surface area contributed by atoms with Gasteiger partial charge in [-0.05, 0) is 18.2 Å². The molecule has 0 bridgehead atoms. The summed E-state index contributed by atoms with van der Waals surface area (Å²) in [6, 6.07) is 13.2. The van der Waals surface area contributed by atoms with Gasteiger partial charge in [-0.3, -0.25) is 4.98 Å². The van der Waals surface area contributed by atoms with Crippen molar-refractivity contribution >= 4 is 0 Å². The van der Waals surface area contributed by atoms with Crippen LogP contribution in [0.2, 0.25) is 0 Å². The fraction of sp³-hybridized carbons (Fsp3) is 0.0714. The highest BCUT2D eigenvalue weighted by molar-refractivity contribution is 5.53. The fourth-order valence-electron chi connectivity index (χ4n) is 1.88. The molecular formula is C14H12N4O. The summed E-state index contributed by atoms with van der Waals surface area (Å²) in [7, 11) is 0. The lowest BCUT2D eigenvalue weighted by Crippen LogP contribution is -2.00. The minimum atomic E-state index is -0.0328. The fourth-order valence-corrected chi connectivity index (χ4v) is 1.88. The topological polar surface area (TPSA) is 63.8 Å². The minimum Gasteiger partial charge on any atom is -0.392 e. The van der Waals surface area contributed by atoms with Gasteiger partial charge in [-0.15, -0.1) is 5.10 Å². The molecule has 0 aliphatic heterocycles. The first kappa shape index (κ1) is 11.6. The van der Waals surface area contributed by atoms with E-state index in [2.05, 4.69) is 15.3 Å². The Morgan fingerprint density at radius 1 is 1.00 bits per heavy atom. The van der Waals surface area contributed by atoms with Crippen molar-refractivity contribution in [1.82, 2.24) is 20.0 Å². The van der Waals surface area contributed by atoms with Gasteiger partial charge < -0.3 is 5.11 Å². The van der Waals surface area contributed by atoms with E-state index in [9.17, 15) is 5.11 Å². The summed E-state index contributed by atoms with van der Waals surface area (Å²) in [5.74, 6) is 0. The van der Waals surface area contributed by atoms with Crippen LogP contribution in [0.1, 0.15) is 5.56 Å². The Kier molecular flexibility index (Phi) is 3.04. The van der Waals surface area contributed by atoms with E-state index in [0.29, 0.717) is 5.69 Å². The van der Waals surface area contributed by atoms with Crippen LogP contribution in [0, 0.1) is 0 Å². The van der Waals surface area contributed by atoms with Crippen LogP contribution >= 0.6 is 0 Å². The minimum absolute atomic E-state index is 0.0328. The van der Waals surface area contributed by atoms with Gasteiger partial charge in [0.15, 0.2) is 0 Å². The normalized spacial score (nSPS) is 10.6. The van der Waals surface area contributed by atoms with E-state index in [-0.39, 0.29) is 6.61 Å². The third kappa shape index (κ3) is 2.23. The Labute approximate surface area is 110 Å². The van der Waals surface area contributed by atoms with E-state index in [1.165, 1.54) is 0 Å². The van der Waals surface area contributed by atoms with Gasteiger partial charge in [0.25, 0.3) is 0 Å². The Bertz CT molecular complexity index is 679. The molecule has 0 atom stereocenters. The van der Waals surface area contributed by atoms with Crippen molar-refractivity contribution in [2.24, 2.45) is 0 Å². The summed E-state index contributed by atoms with van der Waals surface area (Å²) >= 11 is 0. The maximum atomic E-state index is 9.33. The van der Waals surface area contributed by atoms with Crippen LogP contribution in [0.5, 0.6) is 0 Å². The third-order valence-corrected chi connectivity index (χ3v) is 2.83. The molecule has 3 rings (SSSR count). The summed E-state index contributed by atoms with van der Waals surface area (Å²) < 4.78 is 1.65. The summed E-state index contributed by atoms with van der Waals surface area (Å²) in [5, 5.41) is 17.5. The number of aromatic nitrogens is 4. The Morgan fingerprint density at radius 2 is 1.84 bits per heavy atom. The lowest BCUT2D eigenvalue weighted by molar-refractivity contribution is 0.281. The van der Waals surface area contributed by atoms with E-state index >= 15 is 0 Å². The van der Waals surface area contributed by atoms with Gasteiger partial charge >= 0.3 is 0 Å². The maximum absolute atomic E-state index is 9.33. The van der Waals surface area contributed by atoms with Crippen molar-refractivity contribution in [1.29, 1.82) is 0 Å². The Balaban J connectivity index is 2.02. The number of nitrogens with zero attached hydrogens (tertiary/aromatic N) is 4. The second-order valence-electron chi connectivity index (χ2n) is 4.05. The quantitative estimate of drug-likeness (QED) is 0.772. The Morgan fingerprint density at radius 3 is 2.63 bits per heavy atom.